The van der Waals surface area contributed by atoms with Crippen LogP contribution in [0.2, 0.25) is 13.1 Å². The molecule has 23 heavy (non-hydrogen) atoms. The molecule has 2 aromatic rings. The molecule has 0 heterocycles. The highest BCUT2D eigenvalue weighted by atomic mass is 28.3. The summed E-state index contributed by atoms with van der Waals surface area (Å²) in [6, 6.07) is 8.59. The molecule has 0 spiro atoms. The van der Waals surface area contributed by atoms with Crippen molar-refractivity contribution in [3.63, 3.8) is 0 Å². The minimum atomic E-state index is -0.871. The Morgan fingerprint density at radius 1 is 1.04 bits per heavy atom. The number of hydrogen-bond donors (Lipinski definition) is 1. The molecule has 0 unspecified atom stereocenters. The molecule has 0 saturated carbocycles. The Hall–Kier alpha value is -1.81. The van der Waals surface area contributed by atoms with E-state index < -0.39 is 9.04 Å². The van der Waals surface area contributed by atoms with Crippen molar-refractivity contribution in [1.82, 2.24) is 0 Å². The summed E-state index contributed by atoms with van der Waals surface area (Å²) in [6.07, 6.45) is 0. The fourth-order valence-corrected chi connectivity index (χ4v) is 3.57. The first-order valence-electron chi connectivity index (χ1n) is 7.78. The van der Waals surface area contributed by atoms with E-state index in [0.29, 0.717) is 11.3 Å². The van der Waals surface area contributed by atoms with Crippen LogP contribution >= 0.6 is 0 Å². The van der Waals surface area contributed by atoms with Gasteiger partial charge in [-0.15, -0.1) is 0 Å². The van der Waals surface area contributed by atoms with Crippen LogP contribution in [0, 0.1) is 12.7 Å². The van der Waals surface area contributed by atoms with E-state index >= 15 is 0 Å². The van der Waals surface area contributed by atoms with E-state index in [-0.39, 0.29) is 11.2 Å². The Bertz CT molecular complexity index is 720. The van der Waals surface area contributed by atoms with Gasteiger partial charge in [-0.1, -0.05) is 26.8 Å². The summed E-state index contributed by atoms with van der Waals surface area (Å²) in [4.78, 5) is 0. The zero-order valence-corrected chi connectivity index (χ0v) is 15.8. The SMILES string of the molecule is Cc1c(-c2cc(N)ccc2F)ccc(O[Si](C)C)c1C(C)(C)C. The first-order valence-corrected chi connectivity index (χ1v) is 10.2. The highest BCUT2D eigenvalue weighted by molar-refractivity contribution is 6.49. The maximum atomic E-state index is 14.3. The van der Waals surface area contributed by atoms with Crippen LogP contribution in [0.25, 0.3) is 11.1 Å². The second-order valence-corrected chi connectivity index (χ2v) is 9.13. The fourth-order valence-electron chi connectivity index (χ4n) is 2.96. The number of hydrogen-bond acceptors (Lipinski definition) is 2. The van der Waals surface area contributed by atoms with Gasteiger partial charge in [0, 0.05) is 16.8 Å². The lowest BCUT2D eigenvalue weighted by molar-refractivity contribution is 0.518. The van der Waals surface area contributed by atoms with E-state index in [9.17, 15) is 4.39 Å². The van der Waals surface area contributed by atoms with Gasteiger partial charge >= 0.3 is 0 Å². The van der Waals surface area contributed by atoms with Crippen molar-refractivity contribution in [1.29, 1.82) is 0 Å². The lowest BCUT2D eigenvalue weighted by atomic mass is 9.81. The third-order valence-electron chi connectivity index (χ3n) is 3.77. The number of halogens is 1. The summed E-state index contributed by atoms with van der Waals surface area (Å²) in [5.74, 6) is 0.647. The average Bonchev–Trinajstić information content (AvgIpc) is 2.40. The lowest BCUT2D eigenvalue weighted by Crippen LogP contribution is -2.20. The van der Waals surface area contributed by atoms with Crippen LogP contribution in [0.4, 0.5) is 10.1 Å². The molecule has 123 valence electrons. The molecular weight excluding hydrogens is 305 g/mol. The van der Waals surface area contributed by atoms with Crippen LogP contribution in [-0.2, 0) is 5.41 Å². The van der Waals surface area contributed by atoms with Crippen LogP contribution in [0.15, 0.2) is 30.3 Å². The molecule has 0 aliphatic carbocycles. The van der Waals surface area contributed by atoms with Crippen LogP contribution in [0.5, 0.6) is 5.75 Å². The highest BCUT2D eigenvalue weighted by Gasteiger charge is 2.25. The molecular formula is C19H25FNOSi. The van der Waals surface area contributed by atoms with Crippen molar-refractivity contribution in [2.24, 2.45) is 0 Å². The van der Waals surface area contributed by atoms with Crippen molar-refractivity contribution in [3.8, 4) is 16.9 Å². The van der Waals surface area contributed by atoms with E-state index in [0.717, 1.165) is 22.4 Å². The first kappa shape index (κ1) is 17.5. The predicted octanol–water partition coefficient (Wildman–Crippen LogP) is 5.31. The van der Waals surface area contributed by atoms with Gasteiger partial charge in [-0.25, -0.2) is 4.39 Å². The third kappa shape index (κ3) is 3.75. The average molecular weight is 330 g/mol. The summed E-state index contributed by atoms with van der Waals surface area (Å²) < 4.78 is 20.4. The fraction of sp³-hybridized carbons (Fsp3) is 0.368. The zero-order valence-electron chi connectivity index (χ0n) is 14.8. The van der Waals surface area contributed by atoms with Gasteiger partial charge in [-0.05, 0) is 60.8 Å². The molecule has 0 fully saturated rings. The molecule has 0 atom stereocenters. The van der Waals surface area contributed by atoms with Gasteiger partial charge in [0.15, 0.2) is 0 Å². The highest BCUT2D eigenvalue weighted by Crippen LogP contribution is 2.40. The van der Waals surface area contributed by atoms with E-state index in [4.69, 9.17) is 10.2 Å². The minimum Gasteiger partial charge on any atom is -0.542 e. The quantitative estimate of drug-likeness (QED) is 0.611. The van der Waals surface area contributed by atoms with Crippen molar-refractivity contribution in [2.45, 2.75) is 46.2 Å². The molecule has 2 nitrogen and oxygen atoms in total. The zero-order chi connectivity index (χ0) is 17.4. The monoisotopic (exact) mass is 330 g/mol. The first-order chi connectivity index (χ1) is 10.6. The summed E-state index contributed by atoms with van der Waals surface area (Å²) in [5.41, 5.74) is 9.90. The van der Waals surface area contributed by atoms with E-state index in [1.807, 2.05) is 19.1 Å². The van der Waals surface area contributed by atoms with Gasteiger partial charge in [-0.3, -0.25) is 0 Å². The van der Waals surface area contributed by atoms with E-state index in [1.165, 1.54) is 6.07 Å². The van der Waals surface area contributed by atoms with Gasteiger partial charge < -0.3 is 10.2 Å². The maximum Gasteiger partial charge on any atom is 0.274 e. The van der Waals surface area contributed by atoms with Crippen molar-refractivity contribution in [3.05, 3.63) is 47.3 Å². The predicted molar refractivity (Wildman–Crippen MR) is 97.8 cm³/mol. The Morgan fingerprint density at radius 2 is 1.70 bits per heavy atom. The number of benzene rings is 2. The van der Waals surface area contributed by atoms with Crippen LogP contribution in [-0.4, -0.2) is 9.04 Å². The molecule has 4 heteroatoms. The summed E-state index contributed by atoms with van der Waals surface area (Å²) in [5, 5.41) is 0. The molecule has 0 amide bonds. The topological polar surface area (TPSA) is 35.2 Å². The van der Waals surface area contributed by atoms with Gasteiger partial charge in [0.2, 0.25) is 0 Å². The lowest BCUT2D eigenvalue weighted by Gasteiger charge is -2.28. The number of nitrogens with two attached hydrogens (primary N) is 1. The van der Waals surface area contributed by atoms with E-state index in [2.05, 4.69) is 33.9 Å². The molecule has 2 aromatic carbocycles. The molecule has 0 aliphatic rings. The molecule has 2 N–H and O–H groups in total. The van der Waals surface area contributed by atoms with Gasteiger partial charge in [0.25, 0.3) is 9.04 Å². The van der Waals surface area contributed by atoms with Crippen LogP contribution in [0.3, 0.4) is 0 Å². The normalized spacial score (nSPS) is 11.8. The summed E-state index contributed by atoms with van der Waals surface area (Å²) in [6.45, 7) is 12.7. The van der Waals surface area contributed by atoms with Crippen molar-refractivity contribution < 1.29 is 8.82 Å². The molecule has 1 radical (unpaired) electrons. The second-order valence-electron chi connectivity index (χ2n) is 7.11. The molecule has 0 saturated heterocycles. The summed E-state index contributed by atoms with van der Waals surface area (Å²) in [7, 11) is -0.871. The third-order valence-corrected chi connectivity index (χ3v) is 4.40. The summed E-state index contributed by atoms with van der Waals surface area (Å²) >= 11 is 0. The molecule has 0 bridgehead atoms. The smallest absolute Gasteiger partial charge is 0.274 e. The molecule has 0 aromatic heterocycles. The van der Waals surface area contributed by atoms with E-state index in [1.54, 1.807) is 12.1 Å². The van der Waals surface area contributed by atoms with Crippen molar-refractivity contribution >= 4 is 14.7 Å². The Labute approximate surface area is 140 Å². The largest absolute Gasteiger partial charge is 0.542 e. The minimum absolute atomic E-state index is 0.0937. The number of anilines is 1. The number of rotatable bonds is 3. The Morgan fingerprint density at radius 3 is 2.26 bits per heavy atom. The number of nitrogen functional groups attached to an aromatic ring is 1. The van der Waals surface area contributed by atoms with Crippen LogP contribution in [0.1, 0.15) is 31.9 Å². The van der Waals surface area contributed by atoms with Gasteiger partial charge in [0.05, 0.1) is 0 Å². The van der Waals surface area contributed by atoms with Gasteiger partial charge in [0.1, 0.15) is 11.6 Å². The molecule has 0 aliphatic heterocycles. The molecule has 2 rings (SSSR count). The maximum absolute atomic E-state index is 14.3. The van der Waals surface area contributed by atoms with Gasteiger partial charge in [-0.2, -0.15) is 0 Å². The van der Waals surface area contributed by atoms with Crippen molar-refractivity contribution in [2.75, 3.05) is 5.73 Å². The second kappa shape index (κ2) is 6.36. The standard InChI is InChI=1S/C19H25FNOSi/c1-12-14(15-11-13(21)7-9-16(15)20)8-10-17(22-23(5)6)18(12)19(2,3)4/h7-11H,21H2,1-6H3. The Balaban J connectivity index is 2.71. The Kier molecular flexibility index (Phi) is 4.85. The van der Waals surface area contributed by atoms with Crippen LogP contribution < -0.4 is 10.2 Å².